The lowest BCUT2D eigenvalue weighted by Gasteiger charge is -2.13. The van der Waals surface area contributed by atoms with Gasteiger partial charge in [0.2, 0.25) is 0 Å². The summed E-state index contributed by atoms with van der Waals surface area (Å²) in [5, 5.41) is 15.2. The molecule has 5 heteroatoms. The first kappa shape index (κ1) is 17.7. The fraction of sp³-hybridized carbons (Fsp3) is 0.263. The van der Waals surface area contributed by atoms with Crippen LogP contribution >= 0.6 is 0 Å². The van der Waals surface area contributed by atoms with E-state index in [1.54, 1.807) is 0 Å². The lowest BCUT2D eigenvalue weighted by molar-refractivity contribution is -0.136. The lowest BCUT2D eigenvalue weighted by Crippen LogP contribution is -2.36. The number of nitrogens with one attached hydrogen (secondary N) is 2. The minimum absolute atomic E-state index is 0.217. The van der Waals surface area contributed by atoms with Crippen LogP contribution in [0.15, 0.2) is 48.5 Å². The van der Waals surface area contributed by atoms with Gasteiger partial charge < -0.3 is 15.7 Å². The van der Waals surface area contributed by atoms with Crippen molar-refractivity contribution < 1.29 is 14.7 Å². The number of amides is 2. The lowest BCUT2D eigenvalue weighted by atomic mass is 10.1. The van der Waals surface area contributed by atoms with E-state index in [0.717, 1.165) is 16.7 Å². The minimum Gasteiger partial charge on any atom is -0.388 e. The summed E-state index contributed by atoms with van der Waals surface area (Å²) in [7, 11) is 0. The highest BCUT2D eigenvalue weighted by atomic mass is 16.3. The SMILES string of the molecule is Cc1cccc(C)c1NC(=O)C(=O)NCCC(O)c1ccccc1. The second kappa shape index (κ2) is 8.26. The maximum absolute atomic E-state index is 12.0. The van der Waals surface area contributed by atoms with Gasteiger partial charge in [-0.25, -0.2) is 0 Å². The van der Waals surface area contributed by atoms with Crippen LogP contribution in [0, 0.1) is 13.8 Å². The summed E-state index contributed by atoms with van der Waals surface area (Å²) < 4.78 is 0. The number of hydrogen-bond acceptors (Lipinski definition) is 3. The summed E-state index contributed by atoms with van der Waals surface area (Å²) in [5.74, 6) is -1.42. The van der Waals surface area contributed by atoms with Gasteiger partial charge in [-0.2, -0.15) is 0 Å². The van der Waals surface area contributed by atoms with Crippen molar-refractivity contribution in [2.75, 3.05) is 11.9 Å². The molecular weight excluding hydrogens is 304 g/mol. The van der Waals surface area contributed by atoms with E-state index in [4.69, 9.17) is 0 Å². The fourth-order valence-electron chi connectivity index (χ4n) is 2.43. The number of anilines is 1. The average Bonchev–Trinajstić information content (AvgIpc) is 2.58. The molecule has 0 heterocycles. The van der Waals surface area contributed by atoms with Gasteiger partial charge in [-0.05, 0) is 37.0 Å². The zero-order chi connectivity index (χ0) is 17.5. The number of carbonyl (C=O) groups is 2. The number of aliphatic hydroxyl groups is 1. The molecular formula is C19H22N2O3. The summed E-state index contributed by atoms with van der Waals surface area (Å²) in [4.78, 5) is 23.9. The molecule has 0 saturated carbocycles. The minimum atomic E-state index is -0.710. The largest absolute Gasteiger partial charge is 0.388 e. The molecule has 3 N–H and O–H groups in total. The second-order valence-electron chi connectivity index (χ2n) is 5.69. The zero-order valence-electron chi connectivity index (χ0n) is 13.9. The van der Waals surface area contributed by atoms with Crippen molar-refractivity contribution in [3.05, 3.63) is 65.2 Å². The highest BCUT2D eigenvalue weighted by Gasteiger charge is 2.16. The Morgan fingerprint density at radius 1 is 0.958 bits per heavy atom. The highest BCUT2D eigenvalue weighted by molar-refractivity contribution is 6.39. The highest BCUT2D eigenvalue weighted by Crippen LogP contribution is 2.19. The summed E-state index contributed by atoms with van der Waals surface area (Å²) >= 11 is 0. The Kier molecular flexibility index (Phi) is 6.09. The van der Waals surface area contributed by atoms with Gasteiger partial charge in [0.15, 0.2) is 0 Å². The van der Waals surface area contributed by atoms with Crippen LogP contribution in [0.2, 0.25) is 0 Å². The fourth-order valence-corrected chi connectivity index (χ4v) is 2.43. The molecule has 2 amide bonds. The number of rotatable bonds is 5. The van der Waals surface area contributed by atoms with Crippen molar-refractivity contribution >= 4 is 17.5 Å². The monoisotopic (exact) mass is 326 g/mol. The molecule has 0 aliphatic rings. The van der Waals surface area contributed by atoms with Gasteiger partial charge >= 0.3 is 11.8 Å². The van der Waals surface area contributed by atoms with E-state index in [1.807, 2.05) is 62.4 Å². The van der Waals surface area contributed by atoms with E-state index < -0.39 is 17.9 Å². The van der Waals surface area contributed by atoms with Crippen LogP contribution in [0.5, 0.6) is 0 Å². The molecule has 0 spiro atoms. The molecule has 2 aromatic rings. The smallest absolute Gasteiger partial charge is 0.313 e. The van der Waals surface area contributed by atoms with Gasteiger partial charge in [-0.1, -0.05) is 48.5 Å². The van der Waals surface area contributed by atoms with Crippen LogP contribution in [0.4, 0.5) is 5.69 Å². The predicted octanol–water partition coefficient (Wildman–Crippen LogP) is 2.48. The van der Waals surface area contributed by atoms with Crippen molar-refractivity contribution in [2.45, 2.75) is 26.4 Å². The molecule has 1 unspecified atom stereocenters. The topological polar surface area (TPSA) is 78.4 Å². The van der Waals surface area contributed by atoms with Crippen molar-refractivity contribution in [3.63, 3.8) is 0 Å². The van der Waals surface area contributed by atoms with Crippen molar-refractivity contribution in [2.24, 2.45) is 0 Å². The van der Waals surface area contributed by atoms with Crippen LogP contribution in [-0.2, 0) is 9.59 Å². The maximum atomic E-state index is 12.0. The quantitative estimate of drug-likeness (QED) is 0.739. The first-order chi connectivity index (χ1) is 11.5. The number of para-hydroxylation sites is 1. The number of aliphatic hydroxyl groups excluding tert-OH is 1. The van der Waals surface area contributed by atoms with Crippen molar-refractivity contribution in [3.8, 4) is 0 Å². The normalized spacial score (nSPS) is 11.6. The third-order valence-electron chi connectivity index (χ3n) is 3.81. The molecule has 0 bridgehead atoms. The second-order valence-corrected chi connectivity index (χ2v) is 5.69. The molecule has 0 aliphatic heterocycles. The van der Waals surface area contributed by atoms with Gasteiger partial charge in [-0.15, -0.1) is 0 Å². The molecule has 0 radical (unpaired) electrons. The standard InChI is InChI=1S/C19H22N2O3/c1-13-7-6-8-14(2)17(13)21-19(24)18(23)20-12-11-16(22)15-9-4-3-5-10-15/h3-10,16,22H,11-12H2,1-2H3,(H,20,23)(H,21,24). The van der Waals surface area contributed by atoms with Crippen LogP contribution in [0.25, 0.3) is 0 Å². The van der Waals surface area contributed by atoms with E-state index in [0.29, 0.717) is 12.1 Å². The molecule has 0 saturated heterocycles. The first-order valence-corrected chi connectivity index (χ1v) is 7.87. The summed E-state index contributed by atoms with van der Waals surface area (Å²) in [5.41, 5.74) is 3.24. The van der Waals surface area contributed by atoms with Crippen LogP contribution in [-0.4, -0.2) is 23.5 Å². The van der Waals surface area contributed by atoms with Gasteiger partial charge in [0.1, 0.15) is 0 Å². The summed E-state index contributed by atoms with van der Waals surface area (Å²) in [6.07, 6.45) is -0.333. The van der Waals surface area contributed by atoms with Crippen LogP contribution in [0.3, 0.4) is 0 Å². The Labute approximate surface area is 141 Å². The van der Waals surface area contributed by atoms with Crippen molar-refractivity contribution in [1.82, 2.24) is 5.32 Å². The van der Waals surface area contributed by atoms with Gasteiger partial charge in [0.05, 0.1) is 6.10 Å². The molecule has 0 fully saturated rings. The van der Waals surface area contributed by atoms with E-state index >= 15 is 0 Å². The summed E-state index contributed by atoms with van der Waals surface area (Å²) in [6.45, 7) is 3.96. The molecule has 5 nitrogen and oxygen atoms in total. The Bertz CT molecular complexity index is 694. The Hall–Kier alpha value is -2.66. The third kappa shape index (κ3) is 4.67. The molecule has 2 aromatic carbocycles. The van der Waals surface area contributed by atoms with E-state index in [1.165, 1.54) is 0 Å². The van der Waals surface area contributed by atoms with Gasteiger partial charge in [0.25, 0.3) is 0 Å². The van der Waals surface area contributed by atoms with E-state index in [9.17, 15) is 14.7 Å². The average molecular weight is 326 g/mol. The zero-order valence-corrected chi connectivity index (χ0v) is 13.9. The van der Waals surface area contributed by atoms with E-state index in [2.05, 4.69) is 10.6 Å². The molecule has 1 atom stereocenters. The first-order valence-electron chi connectivity index (χ1n) is 7.87. The van der Waals surface area contributed by atoms with Crippen LogP contribution < -0.4 is 10.6 Å². The van der Waals surface area contributed by atoms with Crippen LogP contribution in [0.1, 0.15) is 29.2 Å². The Morgan fingerprint density at radius 3 is 2.21 bits per heavy atom. The molecule has 0 aliphatic carbocycles. The third-order valence-corrected chi connectivity index (χ3v) is 3.81. The Balaban J connectivity index is 1.83. The Morgan fingerprint density at radius 2 is 1.58 bits per heavy atom. The number of aryl methyl sites for hydroxylation is 2. The predicted molar refractivity (Wildman–Crippen MR) is 93.6 cm³/mol. The van der Waals surface area contributed by atoms with Gasteiger partial charge in [-0.3, -0.25) is 9.59 Å². The molecule has 0 aromatic heterocycles. The van der Waals surface area contributed by atoms with Gasteiger partial charge in [0, 0.05) is 12.2 Å². The summed E-state index contributed by atoms with van der Waals surface area (Å²) in [6, 6.07) is 14.8. The molecule has 24 heavy (non-hydrogen) atoms. The molecule has 2 rings (SSSR count). The number of carbonyl (C=O) groups excluding carboxylic acids is 2. The molecule has 126 valence electrons. The van der Waals surface area contributed by atoms with Crippen molar-refractivity contribution in [1.29, 1.82) is 0 Å². The maximum Gasteiger partial charge on any atom is 0.313 e. The number of benzene rings is 2. The van der Waals surface area contributed by atoms with E-state index in [-0.39, 0.29) is 6.54 Å². The number of hydrogen-bond donors (Lipinski definition) is 3.